The summed E-state index contributed by atoms with van der Waals surface area (Å²) >= 11 is 0. The van der Waals surface area contributed by atoms with Crippen molar-refractivity contribution in [3.8, 4) is 56.4 Å². The number of aromatic nitrogens is 3. The summed E-state index contributed by atoms with van der Waals surface area (Å²) in [5, 5.41) is 9.37. The molecule has 4 heteroatoms. The second-order valence-electron chi connectivity index (χ2n) is 12.8. The molecule has 0 aliphatic heterocycles. The Morgan fingerprint density at radius 1 is 0.327 bits per heavy atom. The number of nitrogens with zero attached hydrogens (tertiary/aromatic N) is 3. The highest BCUT2D eigenvalue weighted by Crippen LogP contribution is 2.50. The maximum atomic E-state index is 6.58. The zero-order chi connectivity index (χ0) is 32.1. The number of hydrogen-bond donors (Lipinski definition) is 0. The van der Waals surface area contributed by atoms with E-state index in [9.17, 15) is 0 Å². The fraction of sp³-hybridized carbons (Fsp3) is 0. The van der Waals surface area contributed by atoms with Crippen LogP contribution in [0.2, 0.25) is 0 Å². The molecule has 11 rings (SSSR count). The Labute approximate surface area is 281 Å². The van der Waals surface area contributed by atoms with Gasteiger partial charge in [-0.25, -0.2) is 15.0 Å². The van der Waals surface area contributed by atoms with E-state index < -0.39 is 0 Å². The maximum Gasteiger partial charge on any atom is 0.164 e. The Kier molecular flexibility index (Phi) is 5.35. The highest BCUT2D eigenvalue weighted by atomic mass is 16.3. The van der Waals surface area contributed by atoms with Crippen LogP contribution in [-0.4, -0.2) is 15.0 Å². The molecule has 1 aliphatic rings. The molecule has 0 saturated carbocycles. The summed E-state index contributed by atoms with van der Waals surface area (Å²) in [5.74, 6) is 1.87. The van der Waals surface area contributed by atoms with Crippen molar-refractivity contribution in [2.45, 2.75) is 0 Å². The first kappa shape index (κ1) is 26.4. The Hall–Kier alpha value is -6.65. The molecular formula is C45H25N3O. The molecule has 0 unspecified atom stereocenters. The molecule has 0 N–H and O–H groups in total. The summed E-state index contributed by atoms with van der Waals surface area (Å²) < 4.78 is 6.58. The zero-order valence-electron chi connectivity index (χ0n) is 26.2. The van der Waals surface area contributed by atoms with Crippen LogP contribution < -0.4 is 0 Å². The van der Waals surface area contributed by atoms with Crippen molar-refractivity contribution < 1.29 is 4.42 Å². The minimum atomic E-state index is 0.612. The van der Waals surface area contributed by atoms with Crippen molar-refractivity contribution in [3.63, 3.8) is 0 Å². The number of hydrogen-bond acceptors (Lipinski definition) is 4. The highest BCUT2D eigenvalue weighted by Gasteiger charge is 2.25. The second kappa shape index (κ2) is 9.93. The lowest BCUT2D eigenvalue weighted by Gasteiger charge is -2.11. The lowest BCUT2D eigenvalue weighted by Crippen LogP contribution is -2.00. The standard InChI is InChI=1S/C45H25N3O/c1-2-10-29(11-3-1)43-46-44(30-22-21-27-20-19-26-9-4-5-14-31(26)35(27)23-30)48-45(47-43)34-17-8-18-39-42(34)38-24-36-32-15-6-12-28-13-7-16-33(41(28)32)37(36)25-40(38)49-39/h1-25H. The third-order valence-corrected chi connectivity index (χ3v) is 10.0. The van der Waals surface area contributed by atoms with Gasteiger partial charge in [0.25, 0.3) is 0 Å². The predicted octanol–water partition coefficient (Wildman–Crippen LogP) is 11.9. The van der Waals surface area contributed by atoms with Crippen LogP contribution in [0.25, 0.3) is 111 Å². The average molecular weight is 624 g/mol. The van der Waals surface area contributed by atoms with Crippen molar-refractivity contribution in [2.75, 3.05) is 0 Å². The Morgan fingerprint density at radius 2 is 0.959 bits per heavy atom. The van der Waals surface area contributed by atoms with Gasteiger partial charge >= 0.3 is 0 Å². The average Bonchev–Trinajstić information content (AvgIpc) is 3.70. The summed E-state index contributed by atoms with van der Waals surface area (Å²) in [4.78, 5) is 15.4. The summed E-state index contributed by atoms with van der Waals surface area (Å²) in [7, 11) is 0. The van der Waals surface area contributed by atoms with Gasteiger partial charge in [0.2, 0.25) is 0 Å². The molecular weight excluding hydrogens is 599 g/mol. The number of fused-ring (bicyclic) bond motifs is 9. The molecule has 49 heavy (non-hydrogen) atoms. The molecule has 10 aromatic rings. The first-order valence-corrected chi connectivity index (χ1v) is 16.5. The van der Waals surface area contributed by atoms with Crippen LogP contribution in [-0.2, 0) is 0 Å². The van der Waals surface area contributed by atoms with Gasteiger partial charge in [-0.3, -0.25) is 0 Å². The molecule has 0 atom stereocenters. The Balaban J connectivity index is 1.16. The summed E-state index contributed by atoms with van der Waals surface area (Å²) in [6.45, 7) is 0. The van der Waals surface area contributed by atoms with E-state index in [-0.39, 0.29) is 0 Å². The second-order valence-corrected chi connectivity index (χ2v) is 12.8. The largest absolute Gasteiger partial charge is 0.456 e. The van der Waals surface area contributed by atoms with E-state index in [1.807, 2.05) is 42.5 Å². The fourth-order valence-electron chi connectivity index (χ4n) is 7.78. The summed E-state index contributed by atoms with van der Waals surface area (Å²) in [6.07, 6.45) is 0. The maximum absolute atomic E-state index is 6.58. The summed E-state index contributed by atoms with van der Waals surface area (Å²) in [6, 6.07) is 53.2. The van der Waals surface area contributed by atoms with Crippen LogP contribution in [0.15, 0.2) is 156 Å². The van der Waals surface area contributed by atoms with Gasteiger partial charge in [-0.1, -0.05) is 127 Å². The third-order valence-electron chi connectivity index (χ3n) is 10.0. The molecule has 0 saturated heterocycles. The van der Waals surface area contributed by atoms with E-state index in [1.54, 1.807) is 0 Å². The van der Waals surface area contributed by atoms with Crippen molar-refractivity contribution in [3.05, 3.63) is 152 Å². The minimum absolute atomic E-state index is 0.612. The van der Waals surface area contributed by atoms with Crippen molar-refractivity contribution in [1.82, 2.24) is 15.0 Å². The van der Waals surface area contributed by atoms with E-state index in [2.05, 4.69) is 109 Å². The van der Waals surface area contributed by atoms with Gasteiger partial charge in [0, 0.05) is 27.5 Å². The van der Waals surface area contributed by atoms with Crippen LogP contribution in [0.5, 0.6) is 0 Å². The molecule has 4 nitrogen and oxygen atoms in total. The highest BCUT2D eigenvalue weighted by molar-refractivity contribution is 6.20. The van der Waals surface area contributed by atoms with Crippen LogP contribution in [0.1, 0.15) is 0 Å². The van der Waals surface area contributed by atoms with E-state index in [0.717, 1.165) is 38.6 Å². The van der Waals surface area contributed by atoms with Gasteiger partial charge in [0.1, 0.15) is 11.2 Å². The van der Waals surface area contributed by atoms with Gasteiger partial charge in [0.15, 0.2) is 17.5 Å². The number of furan rings is 1. The normalized spacial score (nSPS) is 12.1. The fourth-order valence-corrected chi connectivity index (χ4v) is 7.78. The van der Waals surface area contributed by atoms with Crippen LogP contribution in [0.4, 0.5) is 0 Å². The monoisotopic (exact) mass is 623 g/mol. The molecule has 0 radical (unpaired) electrons. The molecule has 0 amide bonds. The van der Waals surface area contributed by atoms with Crippen LogP contribution in [0, 0.1) is 0 Å². The number of rotatable bonds is 3. The summed E-state index contributed by atoms with van der Waals surface area (Å²) in [5.41, 5.74) is 9.39. The van der Waals surface area contributed by atoms with E-state index in [1.165, 1.54) is 54.6 Å². The molecule has 0 bridgehead atoms. The molecule has 8 aromatic carbocycles. The van der Waals surface area contributed by atoms with Gasteiger partial charge in [0.05, 0.1) is 0 Å². The first-order valence-electron chi connectivity index (χ1n) is 16.5. The number of benzene rings is 8. The zero-order valence-corrected chi connectivity index (χ0v) is 26.2. The van der Waals surface area contributed by atoms with Crippen molar-refractivity contribution in [1.29, 1.82) is 0 Å². The van der Waals surface area contributed by atoms with Gasteiger partial charge in [-0.05, 0) is 78.8 Å². The quantitative estimate of drug-likeness (QED) is 0.184. The van der Waals surface area contributed by atoms with Crippen LogP contribution in [0.3, 0.4) is 0 Å². The van der Waals surface area contributed by atoms with Crippen LogP contribution >= 0.6 is 0 Å². The molecule has 2 heterocycles. The molecule has 0 spiro atoms. The topological polar surface area (TPSA) is 51.8 Å². The molecule has 0 fully saturated rings. The third kappa shape index (κ3) is 3.89. The van der Waals surface area contributed by atoms with Gasteiger partial charge in [-0.15, -0.1) is 0 Å². The van der Waals surface area contributed by atoms with Gasteiger partial charge < -0.3 is 4.42 Å². The van der Waals surface area contributed by atoms with Crippen molar-refractivity contribution in [2.24, 2.45) is 0 Å². The lowest BCUT2D eigenvalue weighted by atomic mass is 9.99. The lowest BCUT2D eigenvalue weighted by molar-refractivity contribution is 0.669. The molecule has 226 valence electrons. The Bertz CT molecular complexity index is 2990. The predicted molar refractivity (Wildman–Crippen MR) is 200 cm³/mol. The molecule has 2 aromatic heterocycles. The SMILES string of the molecule is c1ccc(-c2nc(-c3ccc4ccc5ccccc5c4c3)nc(-c3cccc4oc5cc6c(cc5c34)-c3cccc4cccc-6c34)n2)cc1. The van der Waals surface area contributed by atoms with E-state index >= 15 is 0 Å². The molecule has 1 aliphatic carbocycles. The van der Waals surface area contributed by atoms with Crippen molar-refractivity contribution >= 4 is 54.3 Å². The van der Waals surface area contributed by atoms with E-state index in [0.29, 0.717) is 17.5 Å². The Morgan fingerprint density at radius 3 is 1.80 bits per heavy atom. The first-order chi connectivity index (χ1) is 24.3. The smallest absolute Gasteiger partial charge is 0.164 e. The minimum Gasteiger partial charge on any atom is -0.456 e. The van der Waals surface area contributed by atoms with Gasteiger partial charge in [-0.2, -0.15) is 0 Å². The van der Waals surface area contributed by atoms with E-state index in [4.69, 9.17) is 19.4 Å².